The molecule has 0 radical (unpaired) electrons. The molecule has 0 aromatic carbocycles. The molecule has 0 saturated carbocycles. The third kappa shape index (κ3) is 2.63. The van der Waals surface area contributed by atoms with E-state index in [1.165, 1.54) is 12.8 Å². The number of anilines is 1. The molecule has 5 heteroatoms. The quantitative estimate of drug-likeness (QED) is 0.917. The fourth-order valence-electron chi connectivity index (χ4n) is 2.78. The van der Waals surface area contributed by atoms with Gasteiger partial charge in [0, 0.05) is 30.5 Å². The summed E-state index contributed by atoms with van der Waals surface area (Å²) in [5, 5.41) is 8.72. The van der Waals surface area contributed by atoms with Gasteiger partial charge in [-0.3, -0.25) is 4.98 Å². The smallest absolute Gasteiger partial charge is 0.151 e. The Labute approximate surface area is 118 Å². The zero-order valence-corrected chi connectivity index (χ0v) is 11.4. The molecule has 3 rings (SSSR count). The Morgan fingerprint density at radius 2 is 2.00 bits per heavy atom. The standard InChI is InChI=1S/C15H19N5/c16-8-5-13-2-1-11-20(13)15-4-3-14(18-19-15)12-6-9-17-10-7-12/h3-4,6-7,9-10,13H,1-2,5,8,11,16H2. The minimum atomic E-state index is 0.515. The van der Waals surface area contributed by atoms with Crippen molar-refractivity contribution in [2.75, 3.05) is 18.0 Å². The summed E-state index contributed by atoms with van der Waals surface area (Å²) < 4.78 is 0. The molecule has 1 aliphatic rings. The minimum absolute atomic E-state index is 0.515. The second-order valence-electron chi connectivity index (χ2n) is 5.08. The summed E-state index contributed by atoms with van der Waals surface area (Å²) in [5.74, 6) is 0.957. The largest absolute Gasteiger partial charge is 0.352 e. The summed E-state index contributed by atoms with van der Waals surface area (Å²) in [5.41, 5.74) is 7.60. The number of hydrogen-bond donors (Lipinski definition) is 1. The zero-order valence-electron chi connectivity index (χ0n) is 11.4. The fraction of sp³-hybridized carbons (Fsp3) is 0.400. The molecule has 1 fully saturated rings. The van der Waals surface area contributed by atoms with E-state index in [0.29, 0.717) is 6.04 Å². The summed E-state index contributed by atoms with van der Waals surface area (Å²) >= 11 is 0. The molecule has 0 spiro atoms. The van der Waals surface area contributed by atoms with Gasteiger partial charge in [-0.1, -0.05) is 0 Å². The topological polar surface area (TPSA) is 67.9 Å². The fourth-order valence-corrected chi connectivity index (χ4v) is 2.78. The maximum absolute atomic E-state index is 5.68. The molecule has 1 aliphatic heterocycles. The lowest BCUT2D eigenvalue weighted by Gasteiger charge is -2.24. The molecular formula is C15H19N5. The SMILES string of the molecule is NCCC1CCCN1c1ccc(-c2ccncc2)nn1. The van der Waals surface area contributed by atoms with Crippen LogP contribution in [-0.4, -0.2) is 34.3 Å². The Balaban J connectivity index is 1.79. The van der Waals surface area contributed by atoms with E-state index in [2.05, 4.69) is 26.1 Å². The Hall–Kier alpha value is -2.01. The molecule has 20 heavy (non-hydrogen) atoms. The van der Waals surface area contributed by atoms with E-state index >= 15 is 0 Å². The van der Waals surface area contributed by atoms with E-state index in [-0.39, 0.29) is 0 Å². The van der Waals surface area contributed by atoms with Gasteiger partial charge >= 0.3 is 0 Å². The predicted molar refractivity (Wildman–Crippen MR) is 79.3 cm³/mol. The molecule has 2 N–H and O–H groups in total. The predicted octanol–water partition coefficient (Wildman–Crippen LogP) is 1.86. The average Bonchev–Trinajstić information content (AvgIpc) is 2.97. The molecule has 3 heterocycles. The number of aromatic nitrogens is 3. The van der Waals surface area contributed by atoms with Crippen LogP contribution in [0.2, 0.25) is 0 Å². The van der Waals surface area contributed by atoms with E-state index in [1.807, 2.05) is 18.2 Å². The maximum Gasteiger partial charge on any atom is 0.151 e. The third-order valence-electron chi connectivity index (χ3n) is 3.80. The highest BCUT2D eigenvalue weighted by molar-refractivity contribution is 5.59. The van der Waals surface area contributed by atoms with Crippen molar-refractivity contribution in [3.63, 3.8) is 0 Å². The summed E-state index contributed by atoms with van der Waals surface area (Å²) in [6.45, 7) is 1.78. The van der Waals surface area contributed by atoms with Crippen LogP contribution < -0.4 is 10.6 Å². The first kappa shape index (κ1) is 13.0. The maximum atomic E-state index is 5.68. The van der Waals surface area contributed by atoms with Gasteiger partial charge in [0.15, 0.2) is 5.82 Å². The number of rotatable bonds is 4. The molecule has 1 saturated heterocycles. The van der Waals surface area contributed by atoms with Crippen LogP contribution in [0.25, 0.3) is 11.3 Å². The van der Waals surface area contributed by atoms with Crippen LogP contribution in [0.4, 0.5) is 5.82 Å². The van der Waals surface area contributed by atoms with E-state index in [0.717, 1.165) is 36.6 Å². The van der Waals surface area contributed by atoms with Crippen molar-refractivity contribution in [3.05, 3.63) is 36.7 Å². The van der Waals surface area contributed by atoms with Crippen molar-refractivity contribution in [3.8, 4) is 11.3 Å². The molecule has 104 valence electrons. The van der Waals surface area contributed by atoms with Gasteiger partial charge in [-0.05, 0) is 50.1 Å². The molecule has 0 bridgehead atoms. The lowest BCUT2D eigenvalue weighted by Crippen LogP contribution is -2.31. The van der Waals surface area contributed by atoms with Crippen LogP contribution in [0.3, 0.4) is 0 Å². The first-order chi connectivity index (χ1) is 9.88. The van der Waals surface area contributed by atoms with Gasteiger partial charge in [0.1, 0.15) is 0 Å². The number of nitrogens with two attached hydrogens (primary N) is 1. The highest BCUT2D eigenvalue weighted by Crippen LogP contribution is 2.26. The molecule has 2 aromatic heterocycles. The Bertz CT molecular complexity index is 540. The van der Waals surface area contributed by atoms with Crippen LogP contribution in [0, 0.1) is 0 Å². The van der Waals surface area contributed by atoms with E-state index in [4.69, 9.17) is 5.73 Å². The summed E-state index contributed by atoms with van der Waals surface area (Å²) in [6, 6.07) is 8.47. The summed E-state index contributed by atoms with van der Waals surface area (Å²) in [6.07, 6.45) is 6.96. The van der Waals surface area contributed by atoms with Crippen molar-refractivity contribution in [1.82, 2.24) is 15.2 Å². The lowest BCUT2D eigenvalue weighted by molar-refractivity contribution is 0.612. The second-order valence-corrected chi connectivity index (χ2v) is 5.08. The molecule has 0 amide bonds. The van der Waals surface area contributed by atoms with E-state index < -0.39 is 0 Å². The van der Waals surface area contributed by atoms with Crippen molar-refractivity contribution in [2.24, 2.45) is 5.73 Å². The zero-order chi connectivity index (χ0) is 13.8. The Morgan fingerprint density at radius 1 is 1.15 bits per heavy atom. The van der Waals surface area contributed by atoms with Gasteiger partial charge in [0.25, 0.3) is 0 Å². The first-order valence-electron chi connectivity index (χ1n) is 7.09. The van der Waals surface area contributed by atoms with Gasteiger partial charge in [-0.2, -0.15) is 0 Å². The summed E-state index contributed by atoms with van der Waals surface area (Å²) in [4.78, 5) is 6.34. The van der Waals surface area contributed by atoms with E-state index in [1.54, 1.807) is 12.4 Å². The normalized spacial score (nSPS) is 18.4. The van der Waals surface area contributed by atoms with Crippen LogP contribution in [-0.2, 0) is 0 Å². The molecule has 2 aromatic rings. The van der Waals surface area contributed by atoms with Crippen LogP contribution >= 0.6 is 0 Å². The van der Waals surface area contributed by atoms with E-state index in [9.17, 15) is 0 Å². The van der Waals surface area contributed by atoms with Gasteiger partial charge in [-0.25, -0.2) is 0 Å². The average molecular weight is 269 g/mol. The Kier molecular flexibility index (Phi) is 3.87. The van der Waals surface area contributed by atoms with Crippen molar-refractivity contribution in [1.29, 1.82) is 0 Å². The van der Waals surface area contributed by atoms with Gasteiger partial charge in [0.2, 0.25) is 0 Å². The molecule has 5 nitrogen and oxygen atoms in total. The third-order valence-corrected chi connectivity index (χ3v) is 3.80. The number of hydrogen-bond acceptors (Lipinski definition) is 5. The van der Waals surface area contributed by atoms with Crippen molar-refractivity contribution >= 4 is 5.82 Å². The van der Waals surface area contributed by atoms with Crippen molar-refractivity contribution < 1.29 is 0 Å². The van der Waals surface area contributed by atoms with Gasteiger partial charge in [-0.15, -0.1) is 10.2 Å². The molecule has 1 unspecified atom stereocenters. The highest BCUT2D eigenvalue weighted by atomic mass is 15.3. The lowest BCUT2D eigenvalue weighted by atomic mass is 10.1. The Morgan fingerprint density at radius 3 is 2.70 bits per heavy atom. The monoisotopic (exact) mass is 269 g/mol. The van der Waals surface area contributed by atoms with Crippen molar-refractivity contribution in [2.45, 2.75) is 25.3 Å². The molecule has 1 atom stereocenters. The summed E-state index contributed by atoms with van der Waals surface area (Å²) in [7, 11) is 0. The number of nitrogens with zero attached hydrogens (tertiary/aromatic N) is 4. The highest BCUT2D eigenvalue weighted by Gasteiger charge is 2.25. The van der Waals surface area contributed by atoms with Gasteiger partial charge < -0.3 is 10.6 Å². The first-order valence-corrected chi connectivity index (χ1v) is 7.09. The molecular weight excluding hydrogens is 250 g/mol. The van der Waals surface area contributed by atoms with Crippen LogP contribution in [0.1, 0.15) is 19.3 Å². The number of pyridine rings is 1. The van der Waals surface area contributed by atoms with Crippen LogP contribution in [0.15, 0.2) is 36.7 Å². The second kappa shape index (κ2) is 5.96. The van der Waals surface area contributed by atoms with Gasteiger partial charge in [0.05, 0.1) is 5.69 Å². The van der Waals surface area contributed by atoms with Crippen LogP contribution in [0.5, 0.6) is 0 Å². The molecule has 0 aliphatic carbocycles. The minimum Gasteiger partial charge on any atom is -0.352 e.